The molecule has 1 saturated heterocycles. The summed E-state index contributed by atoms with van der Waals surface area (Å²) < 4.78 is 0. The molecule has 0 spiro atoms. The van der Waals surface area contributed by atoms with E-state index < -0.39 is 0 Å². The number of nitrogens with one attached hydrogen (secondary N) is 1. The molecule has 1 unspecified atom stereocenters. The lowest BCUT2D eigenvalue weighted by Gasteiger charge is -2.31. The number of nitrogens with zero attached hydrogens (tertiary/aromatic N) is 1. The number of halogens is 2. The van der Waals surface area contributed by atoms with Crippen LogP contribution in [0.5, 0.6) is 0 Å². The number of anilines is 1. The number of rotatable bonds is 4. The van der Waals surface area contributed by atoms with E-state index in [1.807, 2.05) is 11.8 Å². The quantitative estimate of drug-likeness (QED) is 0.907. The lowest BCUT2D eigenvalue weighted by Crippen LogP contribution is -2.43. The molecule has 0 bridgehead atoms. The minimum atomic E-state index is 0.474. The van der Waals surface area contributed by atoms with Gasteiger partial charge in [0.2, 0.25) is 0 Å². The predicted octanol–water partition coefficient (Wildman–Crippen LogP) is 3.87. The highest BCUT2D eigenvalue weighted by atomic mass is 35.5. The van der Waals surface area contributed by atoms with Gasteiger partial charge in [0.25, 0.3) is 0 Å². The maximum Gasteiger partial charge on any atom is 0.0746 e. The first kappa shape index (κ1) is 15.3. The molecule has 1 aromatic carbocycles. The van der Waals surface area contributed by atoms with Crippen LogP contribution >= 0.6 is 35.0 Å². The van der Waals surface area contributed by atoms with Crippen molar-refractivity contribution >= 4 is 40.7 Å². The van der Waals surface area contributed by atoms with Gasteiger partial charge in [-0.25, -0.2) is 0 Å². The molecule has 2 rings (SSSR count). The van der Waals surface area contributed by atoms with Gasteiger partial charge in [0.05, 0.1) is 15.7 Å². The number of hydrogen-bond donors (Lipinski definition) is 1. The normalized spacial score (nSPS) is 17.6. The first-order valence-corrected chi connectivity index (χ1v) is 8.72. The highest BCUT2D eigenvalue weighted by Gasteiger charge is 2.19. The third-order valence-electron chi connectivity index (χ3n) is 3.46. The summed E-state index contributed by atoms with van der Waals surface area (Å²) in [4.78, 5) is 2.27. The Morgan fingerprint density at radius 1 is 1.26 bits per heavy atom. The van der Waals surface area contributed by atoms with Gasteiger partial charge in [-0.05, 0) is 35.6 Å². The molecular formula is C14H20Cl2N2S. The standard InChI is InChI=1S/C14H20Cl2N2S/c1-10(9-19-2)11-7-12(15)14(13(16)8-11)18-5-3-17-4-6-18/h7-8,10,17H,3-6,9H2,1-2H3. The Morgan fingerprint density at radius 2 is 1.84 bits per heavy atom. The molecule has 0 amide bonds. The van der Waals surface area contributed by atoms with E-state index in [4.69, 9.17) is 23.2 Å². The van der Waals surface area contributed by atoms with Gasteiger partial charge in [0.1, 0.15) is 0 Å². The van der Waals surface area contributed by atoms with Gasteiger partial charge in [-0.15, -0.1) is 0 Å². The highest BCUT2D eigenvalue weighted by Crippen LogP contribution is 2.37. The summed E-state index contributed by atoms with van der Waals surface area (Å²) in [7, 11) is 0. The van der Waals surface area contributed by atoms with Crippen molar-refractivity contribution in [2.75, 3.05) is 43.1 Å². The Hall–Kier alpha value is -0.0900. The minimum Gasteiger partial charge on any atom is -0.367 e. The van der Waals surface area contributed by atoms with Crippen LogP contribution in [0.4, 0.5) is 5.69 Å². The van der Waals surface area contributed by atoms with Crippen molar-refractivity contribution in [1.82, 2.24) is 5.32 Å². The second-order valence-electron chi connectivity index (χ2n) is 4.93. The number of piperazine rings is 1. The lowest BCUT2D eigenvalue weighted by atomic mass is 10.0. The fourth-order valence-electron chi connectivity index (χ4n) is 2.41. The molecule has 1 aromatic rings. The first-order chi connectivity index (χ1) is 9.13. The minimum absolute atomic E-state index is 0.474. The average molecular weight is 319 g/mol. The summed E-state index contributed by atoms with van der Waals surface area (Å²) in [6.07, 6.45) is 2.12. The molecule has 2 nitrogen and oxygen atoms in total. The van der Waals surface area contributed by atoms with E-state index in [9.17, 15) is 0 Å². The van der Waals surface area contributed by atoms with Crippen molar-refractivity contribution in [1.29, 1.82) is 0 Å². The van der Waals surface area contributed by atoms with Crippen LogP contribution in [-0.4, -0.2) is 38.2 Å². The van der Waals surface area contributed by atoms with E-state index in [0.29, 0.717) is 5.92 Å². The first-order valence-electron chi connectivity index (χ1n) is 6.57. The topological polar surface area (TPSA) is 15.3 Å². The van der Waals surface area contributed by atoms with Crippen LogP contribution in [-0.2, 0) is 0 Å². The molecule has 1 aliphatic rings. The van der Waals surface area contributed by atoms with Crippen molar-refractivity contribution in [3.63, 3.8) is 0 Å². The SMILES string of the molecule is CSCC(C)c1cc(Cl)c(N2CCNCC2)c(Cl)c1. The van der Waals surface area contributed by atoms with E-state index in [1.54, 1.807) is 0 Å². The average Bonchev–Trinajstić information content (AvgIpc) is 2.39. The van der Waals surface area contributed by atoms with Gasteiger partial charge < -0.3 is 10.2 Å². The van der Waals surface area contributed by atoms with Gasteiger partial charge in [0, 0.05) is 26.2 Å². The molecule has 0 aromatic heterocycles. The molecule has 1 fully saturated rings. The third-order valence-corrected chi connectivity index (χ3v) is 4.87. The molecular weight excluding hydrogens is 299 g/mol. The molecule has 106 valence electrons. The Morgan fingerprint density at radius 3 is 2.37 bits per heavy atom. The summed E-state index contributed by atoms with van der Waals surface area (Å²) in [5, 5.41) is 4.89. The largest absolute Gasteiger partial charge is 0.367 e. The van der Waals surface area contributed by atoms with E-state index in [0.717, 1.165) is 47.7 Å². The van der Waals surface area contributed by atoms with Crippen LogP contribution in [0.2, 0.25) is 10.0 Å². The van der Waals surface area contributed by atoms with Crippen molar-refractivity contribution in [2.24, 2.45) is 0 Å². The Bertz CT molecular complexity index is 410. The van der Waals surface area contributed by atoms with Crippen molar-refractivity contribution in [3.05, 3.63) is 27.7 Å². The highest BCUT2D eigenvalue weighted by molar-refractivity contribution is 7.98. The maximum absolute atomic E-state index is 6.46. The lowest BCUT2D eigenvalue weighted by molar-refractivity contribution is 0.589. The van der Waals surface area contributed by atoms with Crippen LogP contribution in [0.25, 0.3) is 0 Å². The Kier molecular flexibility index (Phi) is 5.70. The summed E-state index contributed by atoms with van der Waals surface area (Å²) in [5.41, 5.74) is 2.22. The number of benzene rings is 1. The second kappa shape index (κ2) is 7.07. The van der Waals surface area contributed by atoms with Gasteiger partial charge in [-0.2, -0.15) is 11.8 Å². The van der Waals surface area contributed by atoms with Gasteiger partial charge in [-0.3, -0.25) is 0 Å². The van der Waals surface area contributed by atoms with E-state index in [2.05, 4.69) is 35.5 Å². The zero-order chi connectivity index (χ0) is 13.8. The smallest absolute Gasteiger partial charge is 0.0746 e. The van der Waals surface area contributed by atoms with Crippen LogP contribution in [0.1, 0.15) is 18.4 Å². The molecule has 1 atom stereocenters. The van der Waals surface area contributed by atoms with Crippen LogP contribution < -0.4 is 10.2 Å². The summed E-state index contributed by atoms with van der Waals surface area (Å²) >= 11 is 14.8. The van der Waals surface area contributed by atoms with E-state index >= 15 is 0 Å². The summed E-state index contributed by atoms with van der Waals surface area (Å²) in [6.45, 7) is 6.09. The number of hydrogen-bond acceptors (Lipinski definition) is 3. The van der Waals surface area contributed by atoms with Gasteiger partial charge in [0.15, 0.2) is 0 Å². The van der Waals surface area contributed by atoms with Crippen molar-refractivity contribution < 1.29 is 0 Å². The third kappa shape index (κ3) is 3.72. The predicted molar refractivity (Wildman–Crippen MR) is 88.3 cm³/mol. The second-order valence-corrected chi connectivity index (χ2v) is 6.65. The fraction of sp³-hybridized carbons (Fsp3) is 0.571. The van der Waals surface area contributed by atoms with Crippen molar-refractivity contribution in [3.8, 4) is 0 Å². The summed E-state index contributed by atoms with van der Waals surface area (Å²) in [5.74, 6) is 1.56. The van der Waals surface area contributed by atoms with Crippen LogP contribution in [0.3, 0.4) is 0 Å². The monoisotopic (exact) mass is 318 g/mol. The maximum atomic E-state index is 6.46. The zero-order valence-corrected chi connectivity index (χ0v) is 13.7. The van der Waals surface area contributed by atoms with Gasteiger partial charge >= 0.3 is 0 Å². The van der Waals surface area contributed by atoms with Crippen LogP contribution in [0.15, 0.2) is 12.1 Å². The van der Waals surface area contributed by atoms with E-state index in [1.165, 1.54) is 5.56 Å². The Labute approximate surface area is 129 Å². The molecule has 5 heteroatoms. The van der Waals surface area contributed by atoms with Gasteiger partial charge in [-0.1, -0.05) is 30.1 Å². The van der Waals surface area contributed by atoms with Crippen molar-refractivity contribution in [2.45, 2.75) is 12.8 Å². The molecule has 0 radical (unpaired) electrons. The molecule has 19 heavy (non-hydrogen) atoms. The molecule has 1 heterocycles. The Balaban J connectivity index is 2.26. The molecule has 1 aliphatic heterocycles. The molecule has 1 N–H and O–H groups in total. The molecule has 0 saturated carbocycles. The van der Waals surface area contributed by atoms with E-state index in [-0.39, 0.29) is 0 Å². The molecule has 0 aliphatic carbocycles. The fourth-order valence-corrected chi connectivity index (χ4v) is 3.84. The zero-order valence-electron chi connectivity index (χ0n) is 11.4. The number of thioether (sulfide) groups is 1. The summed E-state index contributed by atoms with van der Waals surface area (Å²) in [6, 6.07) is 4.15. The van der Waals surface area contributed by atoms with Crippen LogP contribution in [0, 0.1) is 0 Å².